The molecule has 2 aromatic rings. The summed E-state index contributed by atoms with van der Waals surface area (Å²) < 4.78 is 7.86. The summed E-state index contributed by atoms with van der Waals surface area (Å²) in [5.41, 5.74) is 2.59. The van der Waals surface area contributed by atoms with Crippen molar-refractivity contribution in [3.05, 3.63) is 53.9 Å². The van der Waals surface area contributed by atoms with E-state index in [9.17, 15) is 0 Å². The lowest BCUT2D eigenvalue weighted by Gasteiger charge is -2.29. The van der Waals surface area contributed by atoms with Crippen molar-refractivity contribution in [2.24, 2.45) is 5.92 Å². The van der Waals surface area contributed by atoms with Gasteiger partial charge in [0, 0.05) is 49.9 Å². The Hall–Kier alpha value is -1.69. The molecule has 128 valence electrons. The number of aromatic nitrogens is 2. The lowest BCUT2D eigenvalue weighted by Crippen LogP contribution is -2.41. The maximum Gasteiger partial charge on any atom is 0.0659 e. The minimum atomic E-state index is 0.511. The minimum absolute atomic E-state index is 0.511. The second kappa shape index (κ2) is 7.05. The van der Waals surface area contributed by atoms with Gasteiger partial charge in [0.1, 0.15) is 0 Å². The minimum Gasteiger partial charge on any atom is -0.379 e. The Kier molecular flexibility index (Phi) is 4.65. The molecule has 0 unspecified atom stereocenters. The molecular weight excluding hydrogens is 300 g/mol. The van der Waals surface area contributed by atoms with E-state index in [1.807, 2.05) is 10.9 Å². The highest BCUT2D eigenvalue weighted by atomic mass is 16.5. The second-order valence-electron chi connectivity index (χ2n) is 7.22. The number of rotatable bonds is 4. The lowest BCUT2D eigenvalue weighted by molar-refractivity contribution is 0.0516. The van der Waals surface area contributed by atoms with E-state index in [0.29, 0.717) is 12.0 Å². The quantitative estimate of drug-likeness (QED) is 0.856. The van der Waals surface area contributed by atoms with E-state index in [0.717, 1.165) is 45.9 Å². The van der Waals surface area contributed by atoms with Gasteiger partial charge in [0.15, 0.2) is 0 Å². The number of fused-ring (bicyclic) bond motifs is 3. The van der Waals surface area contributed by atoms with Crippen LogP contribution < -0.4 is 0 Å². The first kappa shape index (κ1) is 15.8. The summed E-state index contributed by atoms with van der Waals surface area (Å²) >= 11 is 0. The predicted octanol–water partition coefficient (Wildman–Crippen LogP) is 1.69. The molecule has 2 fully saturated rings. The van der Waals surface area contributed by atoms with E-state index in [-0.39, 0.29) is 0 Å². The molecule has 3 heterocycles. The Morgan fingerprint density at radius 1 is 1.04 bits per heavy atom. The molecule has 0 aliphatic carbocycles. The number of ether oxygens (including phenoxy) is 1. The van der Waals surface area contributed by atoms with Gasteiger partial charge in [-0.3, -0.25) is 14.5 Å². The standard InChI is InChI=1S/C19H26N4O/c1-21-8-18-10-22(13-19(21)15-24-14-18)9-17-7-20-23(12-17)11-16-5-3-2-4-6-16/h2-7,12,18-19H,8-11,13-15H2,1H3/t18-,19+/m1/s1. The molecule has 0 saturated carbocycles. The number of likely N-dealkylation sites (N-methyl/N-ethyl adjacent to an activating group) is 1. The van der Waals surface area contributed by atoms with Crippen molar-refractivity contribution in [3.8, 4) is 0 Å². The zero-order valence-corrected chi connectivity index (χ0v) is 14.3. The SMILES string of the molecule is CN1C[C@H]2COC[C@@H]1CN(Cc1cnn(Cc3ccccc3)c1)C2. The van der Waals surface area contributed by atoms with Gasteiger partial charge in [-0.2, -0.15) is 5.10 Å². The van der Waals surface area contributed by atoms with Crippen LogP contribution in [0.1, 0.15) is 11.1 Å². The molecule has 5 nitrogen and oxygen atoms in total. The van der Waals surface area contributed by atoms with Crippen molar-refractivity contribution in [2.45, 2.75) is 19.1 Å². The summed E-state index contributed by atoms with van der Waals surface area (Å²) in [6, 6.07) is 11.0. The third kappa shape index (κ3) is 3.69. The molecule has 4 rings (SSSR count). The maximum atomic E-state index is 5.82. The number of hydrogen-bond acceptors (Lipinski definition) is 4. The number of nitrogens with zero attached hydrogens (tertiary/aromatic N) is 4. The van der Waals surface area contributed by atoms with E-state index in [2.05, 4.69) is 58.5 Å². The monoisotopic (exact) mass is 326 g/mol. The van der Waals surface area contributed by atoms with E-state index in [4.69, 9.17) is 4.74 Å². The fourth-order valence-corrected chi connectivity index (χ4v) is 3.88. The van der Waals surface area contributed by atoms with Gasteiger partial charge in [0.05, 0.1) is 26.0 Å². The highest BCUT2D eigenvalue weighted by Gasteiger charge is 2.31. The molecule has 0 amide bonds. The third-order valence-electron chi connectivity index (χ3n) is 5.10. The number of hydrogen-bond donors (Lipinski definition) is 0. The summed E-state index contributed by atoms with van der Waals surface area (Å²) in [7, 11) is 2.23. The van der Waals surface area contributed by atoms with Crippen LogP contribution >= 0.6 is 0 Å². The highest BCUT2D eigenvalue weighted by Crippen LogP contribution is 2.19. The van der Waals surface area contributed by atoms with Crippen molar-refractivity contribution in [1.29, 1.82) is 0 Å². The van der Waals surface area contributed by atoms with Crippen LogP contribution in [0.15, 0.2) is 42.7 Å². The van der Waals surface area contributed by atoms with Crippen LogP contribution in [0, 0.1) is 5.92 Å². The smallest absolute Gasteiger partial charge is 0.0659 e. The Balaban J connectivity index is 1.40. The maximum absolute atomic E-state index is 5.82. The average molecular weight is 326 g/mol. The first-order valence-corrected chi connectivity index (χ1v) is 8.82. The van der Waals surface area contributed by atoms with Gasteiger partial charge in [0.25, 0.3) is 0 Å². The first-order chi connectivity index (χ1) is 11.8. The predicted molar refractivity (Wildman–Crippen MR) is 93.8 cm³/mol. The summed E-state index contributed by atoms with van der Waals surface area (Å²) in [6.45, 7) is 6.91. The van der Waals surface area contributed by atoms with Crippen molar-refractivity contribution in [1.82, 2.24) is 19.6 Å². The summed E-state index contributed by atoms with van der Waals surface area (Å²) in [6.07, 6.45) is 4.21. The van der Waals surface area contributed by atoms with Crippen LogP contribution in [0.2, 0.25) is 0 Å². The Labute approximate surface area is 143 Å². The van der Waals surface area contributed by atoms with Crippen molar-refractivity contribution < 1.29 is 4.74 Å². The summed E-state index contributed by atoms with van der Waals surface area (Å²) in [4.78, 5) is 5.04. The van der Waals surface area contributed by atoms with Crippen LogP contribution in [0.3, 0.4) is 0 Å². The highest BCUT2D eigenvalue weighted by molar-refractivity contribution is 5.15. The van der Waals surface area contributed by atoms with Gasteiger partial charge in [-0.05, 0) is 12.6 Å². The molecule has 0 spiro atoms. The second-order valence-corrected chi connectivity index (χ2v) is 7.22. The largest absolute Gasteiger partial charge is 0.379 e. The van der Waals surface area contributed by atoms with Crippen molar-refractivity contribution in [3.63, 3.8) is 0 Å². The molecular formula is C19H26N4O. The first-order valence-electron chi connectivity index (χ1n) is 8.82. The molecule has 0 N–H and O–H groups in total. The Bertz CT molecular complexity index is 656. The Morgan fingerprint density at radius 2 is 1.92 bits per heavy atom. The molecule has 1 aromatic heterocycles. The molecule has 1 aromatic carbocycles. The van der Waals surface area contributed by atoms with Gasteiger partial charge < -0.3 is 4.74 Å². The van der Waals surface area contributed by atoms with Gasteiger partial charge in [-0.25, -0.2) is 0 Å². The fourth-order valence-electron chi connectivity index (χ4n) is 3.88. The van der Waals surface area contributed by atoms with Crippen LogP contribution in [-0.4, -0.2) is 65.5 Å². The molecule has 5 heteroatoms. The zero-order chi connectivity index (χ0) is 16.4. The molecule has 0 radical (unpaired) electrons. The fraction of sp³-hybridized carbons (Fsp3) is 0.526. The molecule has 24 heavy (non-hydrogen) atoms. The zero-order valence-electron chi connectivity index (χ0n) is 14.3. The molecule has 2 atom stereocenters. The van der Waals surface area contributed by atoms with Crippen LogP contribution in [-0.2, 0) is 17.8 Å². The normalized spacial score (nSPS) is 25.5. The topological polar surface area (TPSA) is 33.5 Å². The van der Waals surface area contributed by atoms with Gasteiger partial charge in [-0.15, -0.1) is 0 Å². The summed E-state index contributed by atoms with van der Waals surface area (Å²) in [5, 5.41) is 4.54. The molecule has 2 saturated heterocycles. The summed E-state index contributed by atoms with van der Waals surface area (Å²) in [5.74, 6) is 0.613. The Morgan fingerprint density at radius 3 is 2.79 bits per heavy atom. The van der Waals surface area contributed by atoms with E-state index >= 15 is 0 Å². The number of benzene rings is 1. The molecule has 2 aliphatic heterocycles. The lowest BCUT2D eigenvalue weighted by atomic mass is 10.1. The van der Waals surface area contributed by atoms with Gasteiger partial charge >= 0.3 is 0 Å². The molecule has 2 bridgehead atoms. The van der Waals surface area contributed by atoms with Gasteiger partial charge in [0.2, 0.25) is 0 Å². The van der Waals surface area contributed by atoms with Crippen molar-refractivity contribution in [2.75, 3.05) is 39.9 Å². The van der Waals surface area contributed by atoms with Gasteiger partial charge in [-0.1, -0.05) is 30.3 Å². The average Bonchev–Trinajstić information content (AvgIpc) is 2.84. The van der Waals surface area contributed by atoms with Crippen LogP contribution in [0.25, 0.3) is 0 Å². The van der Waals surface area contributed by atoms with E-state index in [1.165, 1.54) is 11.1 Å². The van der Waals surface area contributed by atoms with Crippen molar-refractivity contribution >= 4 is 0 Å². The van der Waals surface area contributed by atoms with E-state index in [1.54, 1.807) is 0 Å². The van der Waals surface area contributed by atoms with Crippen LogP contribution in [0.4, 0.5) is 0 Å². The van der Waals surface area contributed by atoms with Crippen LogP contribution in [0.5, 0.6) is 0 Å². The third-order valence-corrected chi connectivity index (χ3v) is 5.10. The van der Waals surface area contributed by atoms with E-state index < -0.39 is 0 Å². The molecule has 2 aliphatic rings.